The number of amides is 1. The van der Waals surface area contributed by atoms with Gasteiger partial charge in [0.05, 0.1) is 11.4 Å². The Morgan fingerprint density at radius 3 is 2.61 bits per heavy atom. The van der Waals surface area contributed by atoms with Crippen LogP contribution in [0.5, 0.6) is 0 Å². The fourth-order valence-corrected chi connectivity index (χ4v) is 4.44. The van der Waals surface area contributed by atoms with Crippen LogP contribution in [0.4, 0.5) is 5.13 Å². The Kier molecular flexibility index (Phi) is 4.81. The molecule has 1 amide bonds. The van der Waals surface area contributed by atoms with Crippen molar-refractivity contribution < 1.29 is 4.79 Å². The Morgan fingerprint density at radius 2 is 1.86 bits per heavy atom. The van der Waals surface area contributed by atoms with Crippen LogP contribution in [-0.2, 0) is 0 Å². The Morgan fingerprint density at radius 1 is 1.07 bits per heavy atom. The number of carbonyl (C=O) groups excluding carboxylic acids is 1. The average Bonchev–Trinajstić information content (AvgIpc) is 3.21. The molecule has 142 valence electrons. The number of nitrogens with one attached hydrogen (secondary N) is 1. The van der Waals surface area contributed by atoms with Crippen LogP contribution in [0.25, 0.3) is 16.9 Å². The molecule has 0 bridgehead atoms. The van der Waals surface area contributed by atoms with Gasteiger partial charge in [-0.1, -0.05) is 12.1 Å². The van der Waals surface area contributed by atoms with Gasteiger partial charge in [0.25, 0.3) is 5.91 Å². The summed E-state index contributed by atoms with van der Waals surface area (Å²) in [4.78, 5) is 22.1. The van der Waals surface area contributed by atoms with Gasteiger partial charge in [0.2, 0.25) is 0 Å². The molecule has 0 spiro atoms. The highest BCUT2D eigenvalue weighted by atomic mass is 79.9. The number of hydrogen-bond acceptors (Lipinski definition) is 4. The summed E-state index contributed by atoms with van der Waals surface area (Å²) in [5.74, 6) is -0.219. The molecule has 5 nitrogen and oxygen atoms in total. The maximum atomic E-state index is 13.0. The number of nitrogens with zero attached hydrogens (tertiary/aromatic N) is 3. The lowest BCUT2D eigenvalue weighted by molar-refractivity contribution is 0.102. The first kappa shape index (κ1) is 18.8. The lowest BCUT2D eigenvalue weighted by Crippen LogP contribution is -2.15. The molecule has 0 aliphatic rings. The highest BCUT2D eigenvalue weighted by Crippen LogP contribution is 2.27. The van der Waals surface area contributed by atoms with Crippen LogP contribution in [0.2, 0.25) is 0 Å². The van der Waals surface area contributed by atoms with Crippen LogP contribution in [0.15, 0.2) is 40.3 Å². The van der Waals surface area contributed by atoms with Crippen molar-refractivity contribution in [3.05, 3.63) is 68.4 Å². The first-order valence-corrected chi connectivity index (χ1v) is 10.5. The molecule has 0 aliphatic heterocycles. The number of carbonyl (C=O) groups is 1. The van der Waals surface area contributed by atoms with E-state index in [0.717, 1.165) is 26.9 Å². The van der Waals surface area contributed by atoms with Crippen molar-refractivity contribution in [3.8, 4) is 11.3 Å². The maximum Gasteiger partial charge on any atom is 0.276 e. The fourth-order valence-electron chi connectivity index (χ4n) is 3.18. The van der Waals surface area contributed by atoms with E-state index in [9.17, 15) is 4.79 Å². The van der Waals surface area contributed by atoms with Gasteiger partial charge >= 0.3 is 0 Å². The van der Waals surface area contributed by atoms with Crippen molar-refractivity contribution in [2.75, 3.05) is 5.32 Å². The number of thiazole rings is 1. The molecule has 0 atom stereocenters. The number of aryl methyl sites for hydroxylation is 4. The van der Waals surface area contributed by atoms with E-state index < -0.39 is 0 Å². The molecular weight excluding hydrogens is 436 g/mol. The number of benzene rings is 1. The van der Waals surface area contributed by atoms with Crippen molar-refractivity contribution in [3.63, 3.8) is 0 Å². The number of imidazole rings is 1. The fraction of sp³-hybridized carbons (Fsp3) is 0.190. The van der Waals surface area contributed by atoms with Crippen molar-refractivity contribution >= 4 is 44.0 Å². The van der Waals surface area contributed by atoms with Gasteiger partial charge in [-0.25, -0.2) is 9.97 Å². The summed E-state index contributed by atoms with van der Waals surface area (Å²) in [7, 11) is 0. The van der Waals surface area contributed by atoms with E-state index in [1.807, 2.05) is 35.9 Å². The predicted molar refractivity (Wildman–Crippen MR) is 117 cm³/mol. The number of hydrogen-bond donors (Lipinski definition) is 1. The van der Waals surface area contributed by atoms with Crippen molar-refractivity contribution in [1.82, 2.24) is 14.4 Å². The third-order valence-corrected chi connectivity index (χ3v) is 5.98. The number of anilines is 1. The van der Waals surface area contributed by atoms with E-state index in [1.54, 1.807) is 0 Å². The molecule has 0 unspecified atom stereocenters. The lowest BCUT2D eigenvalue weighted by Gasteiger charge is -2.05. The smallest absolute Gasteiger partial charge is 0.276 e. The Hall–Kier alpha value is -2.51. The minimum atomic E-state index is -0.219. The molecule has 1 aromatic carbocycles. The number of pyridine rings is 1. The topological polar surface area (TPSA) is 59.3 Å². The van der Waals surface area contributed by atoms with Crippen molar-refractivity contribution in [1.29, 1.82) is 0 Å². The SMILES string of the molecule is Cc1ccc(-c2csc(NC(=O)c3c(C)nc4c(C)cc(Br)cn34)n2)cc1C. The van der Waals surface area contributed by atoms with Gasteiger partial charge in [-0.05, 0) is 72.4 Å². The summed E-state index contributed by atoms with van der Waals surface area (Å²) in [6, 6.07) is 8.24. The molecule has 4 aromatic rings. The number of rotatable bonds is 3. The highest BCUT2D eigenvalue weighted by molar-refractivity contribution is 9.10. The molecule has 3 aromatic heterocycles. The first-order chi connectivity index (χ1) is 13.3. The van der Waals surface area contributed by atoms with Crippen LogP contribution in [0, 0.1) is 27.7 Å². The van der Waals surface area contributed by atoms with Crippen LogP contribution in [0.3, 0.4) is 0 Å². The molecule has 0 fully saturated rings. The quantitative estimate of drug-likeness (QED) is 0.431. The van der Waals surface area contributed by atoms with Gasteiger partial charge in [-0.15, -0.1) is 11.3 Å². The summed E-state index contributed by atoms with van der Waals surface area (Å²) in [6.07, 6.45) is 1.86. The van der Waals surface area contributed by atoms with Gasteiger partial charge in [-0.3, -0.25) is 14.5 Å². The standard InChI is InChI=1S/C21H19BrN4OS/c1-11-5-6-15(7-12(11)2)17-10-28-21(24-17)25-20(27)18-14(4)23-19-13(3)8-16(22)9-26(18)19/h5-10H,1-4H3,(H,24,25,27). The van der Waals surface area contributed by atoms with Crippen LogP contribution < -0.4 is 5.32 Å². The van der Waals surface area contributed by atoms with Gasteiger partial charge in [-0.2, -0.15) is 0 Å². The van der Waals surface area contributed by atoms with E-state index in [4.69, 9.17) is 0 Å². The zero-order valence-electron chi connectivity index (χ0n) is 16.0. The molecule has 1 N–H and O–H groups in total. The summed E-state index contributed by atoms with van der Waals surface area (Å²) >= 11 is 4.91. The molecule has 4 rings (SSSR count). The molecule has 3 heterocycles. The Bertz CT molecular complexity index is 1220. The van der Waals surface area contributed by atoms with Gasteiger partial charge in [0.1, 0.15) is 11.3 Å². The molecular formula is C21H19BrN4OS. The van der Waals surface area contributed by atoms with Crippen LogP contribution in [-0.4, -0.2) is 20.3 Å². The molecule has 0 saturated carbocycles. The summed E-state index contributed by atoms with van der Waals surface area (Å²) < 4.78 is 2.72. The molecule has 28 heavy (non-hydrogen) atoms. The van der Waals surface area contributed by atoms with E-state index in [0.29, 0.717) is 16.5 Å². The zero-order valence-corrected chi connectivity index (χ0v) is 18.4. The van der Waals surface area contributed by atoms with Gasteiger partial charge in [0, 0.05) is 21.6 Å². The van der Waals surface area contributed by atoms with Crippen LogP contribution in [0.1, 0.15) is 32.9 Å². The van der Waals surface area contributed by atoms with Crippen molar-refractivity contribution in [2.45, 2.75) is 27.7 Å². The van der Waals surface area contributed by atoms with Crippen LogP contribution >= 0.6 is 27.3 Å². The molecule has 7 heteroatoms. The highest BCUT2D eigenvalue weighted by Gasteiger charge is 2.19. The summed E-state index contributed by atoms with van der Waals surface area (Å²) in [5, 5.41) is 5.45. The monoisotopic (exact) mass is 454 g/mol. The van der Waals surface area contributed by atoms with E-state index in [2.05, 4.69) is 63.3 Å². The third kappa shape index (κ3) is 3.36. The number of aromatic nitrogens is 3. The molecule has 0 saturated heterocycles. The summed E-state index contributed by atoms with van der Waals surface area (Å²) in [5.41, 5.74) is 7.35. The second-order valence-electron chi connectivity index (χ2n) is 6.87. The van der Waals surface area contributed by atoms with E-state index in [-0.39, 0.29) is 5.91 Å². The summed E-state index contributed by atoms with van der Waals surface area (Å²) in [6.45, 7) is 7.99. The minimum Gasteiger partial charge on any atom is -0.296 e. The maximum absolute atomic E-state index is 13.0. The second-order valence-corrected chi connectivity index (χ2v) is 8.65. The zero-order chi connectivity index (χ0) is 20.0. The lowest BCUT2D eigenvalue weighted by atomic mass is 10.1. The number of fused-ring (bicyclic) bond motifs is 1. The van der Waals surface area contributed by atoms with E-state index in [1.165, 1.54) is 22.5 Å². The van der Waals surface area contributed by atoms with Crippen molar-refractivity contribution in [2.24, 2.45) is 0 Å². The molecule has 0 aliphatic carbocycles. The Labute approximate surface area is 175 Å². The Balaban J connectivity index is 1.65. The number of halogens is 1. The first-order valence-electron chi connectivity index (χ1n) is 8.83. The minimum absolute atomic E-state index is 0.219. The third-order valence-electron chi connectivity index (χ3n) is 4.79. The second kappa shape index (κ2) is 7.14. The van der Waals surface area contributed by atoms with Gasteiger partial charge in [0.15, 0.2) is 5.13 Å². The normalized spacial score (nSPS) is 11.2. The largest absolute Gasteiger partial charge is 0.296 e. The van der Waals surface area contributed by atoms with E-state index >= 15 is 0 Å². The molecule has 0 radical (unpaired) electrons. The predicted octanol–water partition coefficient (Wildman–Crippen LogP) is 5.71. The van der Waals surface area contributed by atoms with Gasteiger partial charge < -0.3 is 0 Å². The average molecular weight is 455 g/mol.